The van der Waals surface area contributed by atoms with Crippen LogP contribution in [0.1, 0.15) is 36.0 Å². The van der Waals surface area contributed by atoms with Crippen molar-refractivity contribution >= 4 is 15.9 Å². The van der Waals surface area contributed by atoms with Crippen molar-refractivity contribution in [1.82, 2.24) is 9.62 Å². The Labute approximate surface area is 166 Å². The Morgan fingerprint density at radius 3 is 2.21 bits per heavy atom. The van der Waals surface area contributed by atoms with Gasteiger partial charge in [0, 0.05) is 18.7 Å². The number of nitrogens with one attached hydrogen (secondary N) is 1. The Bertz CT molecular complexity index is 859. The lowest BCUT2D eigenvalue weighted by atomic mass is 10.2. The van der Waals surface area contributed by atoms with Crippen molar-refractivity contribution in [2.75, 3.05) is 26.2 Å². The third kappa shape index (κ3) is 5.33. The minimum atomic E-state index is -3.50. The summed E-state index contributed by atoms with van der Waals surface area (Å²) in [6, 6.07) is 15.5. The summed E-state index contributed by atoms with van der Waals surface area (Å²) in [5.74, 6) is 0.496. The summed E-state index contributed by atoms with van der Waals surface area (Å²) >= 11 is 0. The number of para-hydroxylation sites is 1. The van der Waals surface area contributed by atoms with E-state index in [9.17, 15) is 13.2 Å². The van der Waals surface area contributed by atoms with E-state index in [1.165, 1.54) is 12.1 Å². The molecule has 0 unspecified atom stereocenters. The van der Waals surface area contributed by atoms with Gasteiger partial charge in [-0.3, -0.25) is 4.79 Å². The first-order chi connectivity index (χ1) is 13.6. The standard InChI is InChI=1S/C21H26N2O4S/c24-21(22-14-17-27-19-8-4-3-5-9-19)18-10-12-20(13-11-18)28(25,26)23-15-6-1-2-7-16-23/h3-5,8-13H,1-2,6-7,14-17H2,(H,22,24). The van der Waals surface area contributed by atoms with Gasteiger partial charge in [-0.15, -0.1) is 0 Å². The van der Waals surface area contributed by atoms with Crippen molar-refractivity contribution in [3.8, 4) is 5.75 Å². The van der Waals surface area contributed by atoms with Gasteiger partial charge in [-0.1, -0.05) is 31.0 Å². The van der Waals surface area contributed by atoms with Gasteiger partial charge in [0.1, 0.15) is 12.4 Å². The minimum Gasteiger partial charge on any atom is -0.492 e. The predicted molar refractivity (Wildman–Crippen MR) is 108 cm³/mol. The number of amides is 1. The summed E-state index contributed by atoms with van der Waals surface area (Å²) in [6.45, 7) is 1.84. The zero-order valence-corrected chi connectivity index (χ0v) is 16.7. The third-order valence-electron chi connectivity index (χ3n) is 4.72. The van der Waals surface area contributed by atoms with Gasteiger partial charge in [0.05, 0.1) is 11.4 Å². The van der Waals surface area contributed by atoms with Crippen LogP contribution in [0.3, 0.4) is 0 Å². The second-order valence-corrected chi connectivity index (χ2v) is 8.70. The second kappa shape index (κ2) is 9.71. The van der Waals surface area contributed by atoms with Gasteiger partial charge in [0.2, 0.25) is 10.0 Å². The van der Waals surface area contributed by atoms with Crippen molar-refractivity contribution < 1.29 is 17.9 Å². The Morgan fingerprint density at radius 2 is 1.57 bits per heavy atom. The maximum Gasteiger partial charge on any atom is 0.251 e. The number of hydrogen-bond donors (Lipinski definition) is 1. The average Bonchev–Trinajstić information content (AvgIpc) is 3.02. The summed E-state index contributed by atoms with van der Waals surface area (Å²) < 4.78 is 32.6. The number of sulfonamides is 1. The van der Waals surface area contributed by atoms with Crippen LogP contribution in [0, 0.1) is 0 Å². The molecule has 1 saturated heterocycles. The molecule has 0 radical (unpaired) electrons. The van der Waals surface area contributed by atoms with E-state index in [0.29, 0.717) is 31.8 Å². The molecule has 1 aliphatic heterocycles. The van der Waals surface area contributed by atoms with Crippen molar-refractivity contribution in [3.05, 3.63) is 60.2 Å². The van der Waals surface area contributed by atoms with Gasteiger partial charge < -0.3 is 10.1 Å². The maximum absolute atomic E-state index is 12.8. The highest BCUT2D eigenvalue weighted by atomic mass is 32.2. The van der Waals surface area contributed by atoms with Crippen LogP contribution in [0.5, 0.6) is 5.75 Å². The summed E-state index contributed by atoms with van der Waals surface area (Å²) in [4.78, 5) is 12.5. The Morgan fingerprint density at radius 1 is 0.929 bits per heavy atom. The molecule has 7 heteroatoms. The molecule has 0 bridgehead atoms. The number of ether oxygens (including phenoxy) is 1. The lowest BCUT2D eigenvalue weighted by Crippen LogP contribution is -2.32. The van der Waals surface area contributed by atoms with E-state index in [1.54, 1.807) is 16.4 Å². The average molecular weight is 403 g/mol. The second-order valence-electron chi connectivity index (χ2n) is 6.76. The van der Waals surface area contributed by atoms with E-state index < -0.39 is 10.0 Å². The number of carbonyl (C=O) groups is 1. The molecule has 0 atom stereocenters. The fourth-order valence-corrected chi connectivity index (χ4v) is 4.68. The van der Waals surface area contributed by atoms with Crippen LogP contribution in [-0.4, -0.2) is 44.9 Å². The number of rotatable bonds is 7. The van der Waals surface area contributed by atoms with E-state index >= 15 is 0 Å². The Kier molecular flexibility index (Phi) is 7.06. The highest BCUT2D eigenvalue weighted by Gasteiger charge is 2.25. The number of nitrogens with zero attached hydrogens (tertiary/aromatic N) is 1. The number of hydrogen-bond acceptors (Lipinski definition) is 4. The van der Waals surface area contributed by atoms with Crippen LogP contribution in [0.15, 0.2) is 59.5 Å². The lowest BCUT2D eigenvalue weighted by molar-refractivity contribution is 0.0947. The van der Waals surface area contributed by atoms with Crippen molar-refractivity contribution in [2.45, 2.75) is 30.6 Å². The van der Waals surface area contributed by atoms with Crippen LogP contribution in [0.2, 0.25) is 0 Å². The normalized spacial score (nSPS) is 15.6. The molecule has 0 aliphatic carbocycles. The molecule has 1 amide bonds. The van der Waals surface area contributed by atoms with E-state index in [1.807, 2.05) is 30.3 Å². The number of benzene rings is 2. The summed E-state index contributed by atoms with van der Waals surface area (Å²) in [6.07, 6.45) is 3.92. The van der Waals surface area contributed by atoms with Gasteiger partial charge in [-0.25, -0.2) is 8.42 Å². The lowest BCUT2D eigenvalue weighted by Gasteiger charge is -2.20. The summed E-state index contributed by atoms with van der Waals surface area (Å²) in [5.41, 5.74) is 0.425. The Hall–Kier alpha value is -2.38. The molecular weight excluding hydrogens is 376 g/mol. The van der Waals surface area contributed by atoms with Crippen LogP contribution in [0.4, 0.5) is 0 Å². The summed E-state index contributed by atoms with van der Waals surface area (Å²) in [7, 11) is -3.50. The maximum atomic E-state index is 12.8. The molecule has 6 nitrogen and oxygen atoms in total. The van der Waals surface area contributed by atoms with E-state index in [-0.39, 0.29) is 10.8 Å². The molecule has 1 N–H and O–H groups in total. The van der Waals surface area contributed by atoms with Crippen LogP contribution in [0.25, 0.3) is 0 Å². The predicted octanol–water partition coefficient (Wildman–Crippen LogP) is 3.06. The van der Waals surface area contributed by atoms with Gasteiger partial charge in [-0.2, -0.15) is 4.31 Å². The molecule has 2 aromatic rings. The molecule has 28 heavy (non-hydrogen) atoms. The summed E-state index contributed by atoms with van der Waals surface area (Å²) in [5, 5.41) is 2.78. The smallest absolute Gasteiger partial charge is 0.251 e. The number of carbonyl (C=O) groups excluding carboxylic acids is 1. The first kappa shape index (κ1) is 20.4. The zero-order chi connectivity index (χ0) is 19.8. The van der Waals surface area contributed by atoms with Gasteiger partial charge >= 0.3 is 0 Å². The quantitative estimate of drug-likeness (QED) is 0.722. The largest absolute Gasteiger partial charge is 0.492 e. The monoisotopic (exact) mass is 402 g/mol. The van der Waals surface area contributed by atoms with Crippen molar-refractivity contribution in [1.29, 1.82) is 0 Å². The highest BCUT2D eigenvalue weighted by molar-refractivity contribution is 7.89. The fraction of sp³-hybridized carbons (Fsp3) is 0.381. The van der Waals surface area contributed by atoms with Crippen LogP contribution >= 0.6 is 0 Å². The molecule has 0 spiro atoms. The van der Waals surface area contributed by atoms with Crippen LogP contribution in [-0.2, 0) is 10.0 Å². The molecule has 1 aliphatic rings. The third-order valence-corrected chi connectivity index (χ3v) is 6.63. The molecule has 150 valence electrons. The zero-order valence-electron chi connectivity index (χ0n) is 15.8. The van der Waals surface area contributed by atoms with E-state index in [0.717, 1.165) is 31.4 Å². The molecule has 1 heterocycles. The molecule has 3 rings (SSSR count). The first-order valence-electron chi connectivity index (χ1n) is 9.64. The molecule has 0 aromatic heterocycles. The van der Waals surface area contributed by atoms with Gasteiger partial charge in [0.15, 0.2) is 0 Å². The first-order valence-corrected chi connectivity index (χ1v) is 11.1. The minimum absolute atomic E-state index is 0.235. The van der Waals surface area contributed by atoms with Gasteiger partial charge in [0.25, 0.3) is 5.91 Å². The van der Waals surface area contributed by atoms with Crippen LogP contribution < -0.4 is 10.1 Å². The Balaban J connectivity index is 1.53. The fourth-order valence-electron chi connectivity index (χ4n) is 3.16. The van der Waals surface area contributed by atoms with Gasteiger partial charge in [-0.05, 0) is 49.2 Å². The van der Waals surface area contributed by atoms with E-state index in [2.05, 4.69) is 5.32 Å². The van der Waals surface area contributed by atoms with Crippen molar-refractivity contribution in [2.24, 2.45) is 0 Å². The SMILES string of the molecule is O=C(NCCOc1ccccc1)c1ccc(S(=O)(=O)N2CCCCCC2)cc1. The molecule has 2 aromatic carbocycles. The molecular formula is C21H26N2O4S. The highest BCUT2D eigenvalue weighted by Crippen LogP contribution is 2.20. The molecule has 0 saturated carbocycles. The van der Waals surface area contributed by atoms with Crippen molar-refractivity contribution in [3.63, 3.8) is 0 Å². The topological polar surface area (TPSA) is 75.7 Å². The van der Waals surface area contributed by atoms with E-state index in [4.69, 9.17) is 4.74 Å². The molecule has 1 fully saturated rings.